The molecule has 3 rings (SSSR count). The fourth-order valence-electron chi connectivity index (χ4n) is 2.18. The van der Waals surface area contributed by atoms with Gasteiger partial charge in [-0.05, 0) is 36.4 Å². The van der Waals surface area contributed by atoms with E-state index in [4.69, 9.17) is 4.42 Å². The van der Waals surface area contributed by atoms with Gasteiger partial charge >= 0.3 is 5.97 Å². The number of carboxylic acids is 1. The molecule has 0 bridgehead atoms. The summed E-state index contributed by atoms with van der Waals surface area (Å²) in [6.45, 7) is 0. The van der Waals surface area contributed by atoms with Gasteiger partial charge < -0.3 is 14.8 Å². The number of thioether (sulfide) groups is 1. The number of para-hydroxylation sites is 1. The standard InChI is InChI=1S/C17H12BrNO4S/c18-10-5-7-11(8-6-10)24-9-14(20)19-15-12-3-1-2-4-13(12)23-16(15)17(21)22/h1-8H,9H2,(H,19,20)(H,21,22). The van der Waals surface area contributed by atoms with Gasteiger partial charge in [0.05, 0.1) is 5.75 Å². The van der Waals surface area contributed by atoms with E-state index >= 15 is 0 Å². The molecule has 0 aliphatic rings. The highest BCUT2D eigenvalue weighted by Crippen LogP contribution is 2.31. The van der Waals surface area contributed by atoms with Crippen molar-refractivity contribution in [3.8, 4) is 0 Å². The molecule has 0 radical (unpaired) electrons. The highest BCUT2D eigenvalue weighted by atomic mass is 79.9. The lowest BCUT2D eigenvalue weighted by molar-refractivity contribution is -0.113. The van der Waals surface area contributed by atoms with Crippen LogP contribution in [0.3, 0.4) is 0 Å². The number of rotatable bonds is 5. The molecule has 5 nitrogen and oxygen atoms in total. The molecule has 122 valence electrons. The molecule has 3 aromatic rings. The van der Waals surface area contributed by atoms with E-state index in [1.54, 1.807) is 24.3 Å². The van der Waals surface area contributed by atoms with Gasteiger partial charge in [-0.2, -0.15) is 0 Å². The molecule has 0 aliphatic heterocycles. The molecule has 0 spiro atoms. The predicted molar refractivity (Wildman–Crippen MR) is 96.7 cm³/mol. The summed E-state index contributed by atoms with van der Waals surface area (Å²) in [4.78, 5) is 24.5. The Morgan fingerprint density at radius 1 is 1.12 bits per heavy atom. The van der Waals surface area contributed by atoms with Gasteiger partial charge in [-0.15, -0.1) is 11.8 Å². The van der Waals surface area contributed by atoms with Crippen LogP contribution in [0.2, 0.25) is 0 Å². The quantitative estimate of drug-likeness (QED) is 0.605. The lowest BCUT2D eigenvalue weighted by atomic mass is 10.2. The van der Waals surface area contributed by atoms with Crippen molar-refractivity contribution in [2.75, 3.05) is 11.1 Å². The van der Waals surface area contributed by atoms with Crippen LogP contribution in [0.25, 0.3) is 11.0 Å². The maximum absolute atomic E-state index is 12.2. The minimum absolute atomic E-state index is 0.167. The van der Waals surface area contributed by atoms with Crippen LogP contribution in [-0.4, -0.2) is 22.7 Å². The zero-order valence-corrected chi connectivity index (χ0v) is 14.7. The van der Waals surface area contributed by atoms with Crippen molar-refractivity contribution in [2.45, 2.75) is 4.90 Å². The number of hydrogen-bond donors (Lipinski definition) is 2. The SMILES string of the molecule is O=C(CSc1ccc(Br)cc1)Nc1c(C(=O)O)oc2ccccc12. The van der Waals surface area contributed by atoms with Crippen LogP contribution in [0.4, 0.5) is 5.69 Å². The van der Waals surface area contributed by atoms with E-state index in [0.29, 0.717) is 11.0 Å². The van der Waals surface area contributed by atoms with E-state index in [-0.39, 0.29) is 23.1 Å². The molecule has 0 unspecified atom stereocenters. The highest BCUT2D eigenvalue weighted by molar-refractivity contribution is 9.10. The molecule has 1 aromatic heterocycles. The molecule has 0 saturated heterocycles. The Morgan fingerprint density at radius 3 is 2.54 bits per heavy atom. The molecule has 0 saturated carbocycles. The van der Waals surface area contributed by atoms with E-state index < -0.39 is 5.97 Å². The summed E-state index contributed by atoms with van der Waals surface area (Å²) in [5.74, 6) is -1.61. The number of aromatic carboxylic acids is 1. The molecule has 24 heavy (non-hydrogen) atoms. The van der Waals surface area contributed by atoms with Gasteiger partial charge in [0, 0.05) is 14.8 Å². The van der Waals surface area contributed by atoms with Gasteiger partial charge in [0.1, 0.15) is 11.3 Å². The molecule has 0 fully saturated rings. The molecular weight excluding hydrogens is 394 g/mol. The molecule has 0 aliphatic carbocycles. The van der Waals surface area contributed by atoms with E-state index in [1.807, 2.05) is 24.3 Å². The third kappa shape index (κ3) is 3.63. The van der Waals surface area contributed by atoms with Crippen LogP contribution in [0.5, 0.6) is 0 Å². The summed E-state index contributed by atoms with van der Waals surface area (Å²) < 4.78 is 6.28. The third-order valence-electron chi connectivity index (χ3n) is 3.24. The zero-order valence-electron chi connectivity index (χ0n) is 12.3. The van der Waals surface area contributed by atoms with Gasteiger partial charge in [-0.3, -0.25) is 4.79 Å². The summed E-state index contributed by atoms with van der Waals surface area (Å²) in [6, 6.07) is 14.5. The Balaban J connectivity index is 1.76. The topological polar surface area (TPSA) is 79.5 Å². The van der Waals surface area contributed by atoms with Crippen molar-refractivity contribution >= 4 is 56.2 Å². The number of hydrogen-bond acceptors (Lipinski definition) is 4. The van der Waals surface area contributed by atoms with Crippen molar-refractivity contribution in [3.63, 3.8) is 0 Å². The van der Waals surface area contributed by atoms with Gasteiger partial charge in [0.2, 0.25) is 11.7 Å². The van der Waals surface area contributed by atoms with Crippen molar-refractivity contribution in [2.24, 2.45) is 0 Å². The number of benzene rings is 2. The minimum atomic E-state index is -1.22. The number of fused-ring (bicyclic) bond motifs is 1. The fourth-order valence-corrected chi connectivity index (χ4v) is 3.14. The number of nitrogens with one attached hydrogen (secondary N) is 1. The Hall–Kier alpha value is -2.25. The van der Waals surface area contributed by atoms with Gasteiger partial charge in [0.25, 0.3) is 0 Å². The first-order chi connectivity index (χ1) is 11.5. The largest absolute Gasteiger partial charge is 0.475 e. The summed E-state index contributed by atoms with van der Waals surface area (Å²) in [5, 5.41) is 12.5. The predicted octanol–water partition coefficient (Wildman–Crippen LogP) is 4.62. The Morgan fingerprint density at radius 2 is 1.83 bits per heavy atom. The molecule has 2 aromatic carbocycles. The van der Waals surface area contributed by atoms with E-state index in [0.717, 1.165) is 9.37 Å². The smallest absolute Gasteiger partial charge is 0.374 e. The zero-order chi connectivity index (χ0) is 17.1. The minimum Gasteiger partial charge on any atom is -0.475 e. The second-order valence-corrected chi connectivity index (χ2v) is 6.86. The van der Waals surface area contributed by atoms with Crippen LogP contribution in [0.15, 0.2) is 62.3 Å². The van der Waals surface area contributed by atoms with Crippen LogP contribution in [-0.2, 0) is 4.79 Å². The van der Waals surface area contributed by atoms with Crippen LogP contribution >= 0.6 is 27.7 Å². The lowest BCUT2D eigenvalue weighted by Gasteiger charge is -2.05. The van der Waals surface area contributed by atoms with Crippen LogP contribution in [0.1, 0.15) is 10.6 Å². The second kappa shape index (κ2) is 7.11. The molecular formula is C17H12BrNO4S. The van der Waals surface area contributed by atoms with Crippen LogP contribution < -0.4 is 5.32 Å². The molecule has 2 N–H and O–H groups in total. The van der Waals surface area contributed by atoms with E-state index in [2.05, 4.69) is 21.2 Å². The number of carbonyl (C=O) groups is 2. The number of furan rings is 1. The number of carbonyl (C=O) groups excluding carboxylic acids is 1. The first-order valence-corrected chi connectivity index (χ1v) is 8.75. The van der Waals surface area contributed by atoms with E-state index in [9.17, 15) is 14.7 Å². The number of anilines is 1. The van der Waals surface area contributed by atoms with Crippen LogP contribution in [0, 0.1) is 0 Å². The van der Waals surface area contributed by atoms with Gasteiger partial charge in [-0.1, -0.05) is 28.1 Å². The summed E-state index contributed by atoms with van der Waals surface area (Å²) in [5.41, 5.74) is 0.616. The molecule has 1 amide bonds. The number of halogens is 1. The van der Waals surface area contributed by atoms with E-state index in [1.165, 1.54) is 11.8 Å². The Labute approximate surface area is 150 Å². The van der Waals surface area contributed by atoms with Gasteiger partial charge in [-0.25, -0.2) is 4.79 Å². The van der Waals surface area contributed by atoms with Crippen molar-refractivity contribution in [1.29, 1.82) is 0 Å². The molecule has 0 atom stereocenters. The van der Waals surface area contributed by atoms with Crippen molar-refractivity contribution in [3.05, 3.63) is 58.8 Å². The average Bonchev–Trinajstić information content (AvgIpc) is 2.93. The molecule has 1 heterocycles. The maximum atomic E-state index is 12.2. The van der Waals surface area contributed by atoms with Crippen molar-refractivity contribution in [1.82, 2.24) is 0 Å². The summed E-state index contributed by atoms with van der Waals surface area (Å²) in [7, 11) is 0. The fraction of sp³-hybridized carbons (Fsp3) is 0.0588. The normalized spacial score (nSPS) is 10.7. The lowest BCUT2D eigenvalue weighted by Crippen LogP contribution is -2.15. The van der Waals surface area contributed by atoms with Gasteiger partial charge in [0.15, 0.2) is 0 Å². The summed E-state index contributed by atoms with van der Waals surface area (Å²) in [6.07, 6.45) is 0. The molecule has 7 heteroatoms. The third-order valence-corrected chi connectivity index (χ3v) is 4.78. The maximum Gasteiger partial charge on any atom is 0.374 e. The first-order valence-electron chi connectivity index (χ1n) is 6.97. The van der Waals surface area contributed by atoms with Crippen molar-refractivity contribution < 1.29 is 19.1 Å². The monoisotopic (exact) mass is 405 g/mol. The highest BCUT2D eigenvalue weighted by Gasteiger charge is 2.21. The number of carboxylic acid groups (broad SMARTS) is 1. The Bertz CT molecular complexity index is 905. The second-order valence-electron chi connectivity index (χ2n) is 4.90. The first kappa shape index (κ1) is 16.6. The Kier molecular flexibility index (Phi) is 4.92. The average molecular weight is 406 g/mol. The number of amides is 1. The summed E-state index contributed by atoms with van der Waals surface area (Å²) >= 11 is 4.72.